The van der Waals surface area contributed by atoms with Gasteiger partial charge in [0.2, 0.25) is 0 Å². The third-order valence-corrected chi connectivity index (χ3v) is 8.06. The molecule has 180 valence electrons. The van der Waals surface area contributed by atoms with E-state index in [1.165, 1.54) is 10.8 Å². The van der Waals surface area contributed by atoms with Crippen LogP contribution in [0.3, 0.4) is 0 Å². The van der Waals surface area contributed by atoms with Crippen LogP contribution >= 0.6 is 0 Å². The van der Waals surface area contributed by atoms with Crippen molar-refractivity contribution in [3.8, 4) is 11.8 Å². The second-order valence-corrected chi connectivity index (χ2v) is 14.1. The first-order valence-electron chi connectivity index (χ1n) is 10.5. The van der Waals surface area contributed by atoms with Crippen molar-refractivity contribution in [2.24, 2.45) is 5.92 Å². The van der Waals surface area contributed by atoms with Crippen LogP contribution in [0.4, 0.5) is 4.79 Å². The number of carbonyl (C=O) groups excluding carboxylic acids is 1. The third-order valence-electron chi connectivity index (χ3n) is 5.71. The maximum atomic E-state index is 12.1. The van der Waals surface area contributed by atoms with Crippen LogP contribution in [0.1, 0.15) is 18.7 Å². The summed E-state index contributed by atoms with van der Waals surface area (Å²) in [7, 11) is -1.39. The Morgan fingerprint density at radius 1 is 1.30 bits per heavy atom. The van der Waals surface area contributed by atoms with Crippen LogP contribution in [0.15, 0.2) is 26.6 Å². The Labute approximate surface area is 191 Å². The van der Waals surface area contributed by atoms with Gasteiger partial charge in [-0.1, -0.05) is 42.3 Å². The number of nitrogens with one attached hydrogen (secondary N) is 2. The summed E-state index contributed by atoms with van der Waals surface area (Å²) < 4.78 is 11.4. The maximum absolute atomic E-state index is 12.1. The lowest BCUT2D eigenvalue weighted by molar-refractivity contribution is -0.0550. The summed E-state index contributed by atoms with van der Waals surface area (Å²) in [5.74, 6) is 5.38. The van der Waals surface area contributed by atoms with E-state index in [-0.39, 0.29) is 18.0 Å². The minimum atomic E-state index is -1.49. The topological polar surface area (TPSA) is 163 Å². The first-order valence-corrected chi connectivity index (χ1v) is 14.0. The zero-order valence-corrected chi connectivity index (χ0v) is 19.9. The van der Waals surface area contributed by atoms with Crippen LogP contribution in [-0.4, -0.2) is 77.1 Å². The van der Waals surface area contributed by atoms with Crippen LogP contribution < -0.4 is 16.6 Å². The summed E-state index contributed by atoms with van der Waals surface area (Å²) in [6.07, 6.45) is -4.81. The Balaban J connectivity index is 1.57. The number of aromatic amines is 1. The van der Waals surface area contributed by atoms with Crippen LogP contribution in [0.25, 0.3) is 0 Å². The molecule has 12 heteroatoms. The van der Waals surface area contributed by atoms with Crippen molar-refractivity contribution < 1.29 is 29.6 Å². The molecule has 1 fully saturated rings. The predicted octanol–water partition coefficient (Wildman–Crippen LogP) is -0.950. The van der Waals surface area contributed by atoms with Gasteiger partial charge in [0, 0.05) is 12.1 Å². The average molecular weight is 480 g/mol. The fourth-order valence-electron chi connectivity index (χ4n) is 4.05. The smallest absolute Gasteiger partial charge is 0.407 e. The van der Waals surface area contributed by atoms with Crippen molar-refractivity contribution in [1.29, 1.82) is 0 Å². The van der Waals surface area contributed by atoms with E-state index in [0.29, 0.717) is 6.61 Å². The fourth-order valence-corrected chi connectivity index (χ4v) is 6.68. The molecule has 0 bridgehead atoms. The largest absolute Gasteiger partial charge is 0.449 e. The zero-order chi connectivity index (χ0) is 24.5. The highest BCUT2D eigenvalue weighted by molar-refractivity contribution is 6.84. The van der Waals surface area contributed by atoms with E-state index in [9.17, 15) is 29.7 Å². The standard InChI is InChI=1S/C21H29N3O8Si/c1-11-13(17(11)33(2,3)4)10-31-21(30)22-7-5-6-12-8-24(20(29)23-18(12)28)19-16(27)15(26)14(9-25)32-19/h8,13-16,19,25-27H,7,9-10H2,1-4H3,(H,22,30)(H,23,28,29)/t13?,14-,15-,16-,19-/m1/s1. The maximum Gasteiger partial charge on any atom is 0.407 e. The number of hydrogen-bond donors (Lipinski definition) is 5. The number of nitrogens with zero attached hydrogens (tertiary/aromatic N) is 1. The normalized spacial score (nSPS) is 26.6. The molecule has 11 nitrogen and oxygen atoms in total. The minimum Gasteiger partial charge on any atom is -0.449 e. The number of H-pyrrole nitrogens is 1. The summed E-state index contributed by atoms with van der Waals surface area (Å²) >= 11 is 0. The molecule has 1 unspecified atom stereocenters. The van der Waals surface area contributed by atoms with Gasteiger partial charge < -0.3 is 30.1 Å². The van der Waals surface area contributed by atoms with E-state index in [1.54, 1.807) is 0 Å². The highest BCUT2D eigenvalue weighted by Crippen LogP contribution is 2.44. The van der Waals surface area contributed by atoms with Crippen molar-refractivity contribution >= 4 is 14.2 Å². The number of aromatic nitrogens is 2. The molecule has 2 heterocycles. The second kappa shape index (κ2) is 9.66. The molecular formula is C21H29N3O8Si. The molecular weight excluding hydrogens is 450 g/mol. The number of amides is 1. The van der Waals surface area contributed by atoms with Gasteiger partial charge in [-0.2, -0.15) is 0 Å². The molecule has 0 aromatic carbocycles. The summed E-state index contributed by atoms with van der Waals surface area (Å²) in [5, 5.41) is 33.1. The minimum absolute atomic E-state index is 0.0940. The average Bonchev–Trinajstić information content (AvgIpc) is 3.32. The fraction of sp³-hybridized carbons (Fsp3) is 0.571. The molecule has 5 atom stereocenters. The van der Waals surface area contributed by atoms with Gasteiger partial charge in [-0.3, -0.25) is 14.3 Å². The van der Waals surface area contributed by atoms with Crippen LogP contribution in [0, 0.1) is 17.8 Å². The first-order chi connectivity index (χ1) is 15.5. The van der Waals surface area contributed by atoms with E-state index in [4.69, 9.17) is 9.47 Å². The van der Waals surface area contributed by atoms with E-state index >= 15 is 0 Å². The van der Waals surface area contributed by atoms with Crippen molar-refractivity contribution in [3.05, 3.63) is 43.4 Å². The van der Waals surface area contributed by atoms with Gasteiger partial charge in [-0.05, 0) is 6.92 Å². The Bertz CT molecular complexity index is 1120. The first kappa shape index (κ1) is 24.9. The Kier molecular flexibility index (Phi) is 7.30. The Morgan fingerprint density at radius 3 is 2.58 bits per heavy atom. The number of aliphatic hydroxyl groups excluding tert-OH is 3. The monoisotopic (exact) mass is 479 g/mol. The quantitative estimate of drug-likeness (QED) is 0.258. The van der Waals surface area contributed by atoms with Gasteiger partial charge in [-0.25, -0.2) is 9.59 Å². The summed E-state index contributed by atoms with van der Waals surface area (Å²) in [5.41, 5.74) is -0.443. The molecule has 33 heavy (non-hydrogen) atoms. The molecule has 0 spiro atoms. The highest BCUT2D eigenvalue weighted by Gasteiger charge is 2.44. The molecule has 1 aromatic rings. The number of aliphatic hydroxyl groups is 3. The molecule has 1 aromatic heterocycles. The van der Waals surface area contributed by atoms with E-state index in [2.05, 4.69) is 48.7 Å². The van der Waals surface area contributed by atoms with Gasteiger partial charge in [0.15, 0.2) is 6.23 Å². The van der Waals surface area contributed by atoms with E-state index in [1.807, 2.05) is 0 Å². The molecule has 0 radical (unpaired) electrons. The summed E-state index contributed by atoms with van der Waals surface area (Å²) in [4.78, 5) is 38.2. The predicted molar refractivity (Wildman–Crippen MR) is 120 cm³/mol. The van der Waals surface area contributed by atoms with Gasteiger partial charge >= 0.3 is 11.8 Å². The molecule has 5 N–H and O–H groups in total. The Morgan fingerprint density at radius 2 is 2.00 bits per heavy atom. The molecule has 1 saturated heterocycles. The number of ether oxygens (including phenoxy) is 2. The number of alkyl carbamates (subject to hydrolysis) is 1. The molecule has 2 aliphatic rings. The SMILES string of the molecule is CC1=C([Si](C)(C)C)C1COC(=O)NCC#Cc1cn([C@@H]2O[C@H](CO)[C@@H](O)[C@H]2O)c(=O)[nH]c1=O. The number of hydrogen-bond acceptors (Lipinski definition) is 8. The molecule has 3 rings (SSSR count). The highest BCUT2D eigenvalue weighted by atomic mass is 28.3. The lowest BCUT2D eigenvalue weighted by atomic mass is 10.1. The van der Waals surface area contributed by atoms with Crippen molar-refractivity contribution in [3.63, 3.8) is 0 Å². The van der Waals surface area contributed by atoms with E-state index in [0.717, 1.165) is 10.8 Å². The van der Waals surface area contributed by atoms with E-state index < -0.39 is 56.6 Å². The van der Waals surface area contributed by atoms with Gasteiger partial charge in [-0.15, -0.1) is 0 Å². The lowest BCUT2D eigenvalue weighted by Gasteiger charge is -2.17. The van der Waals surface area contributed by atoms with Crippen LogP contribution in [0.2, 0.25) is 19.6 Å². The van der Waals surface area contributed by atoms with Gasteiger partial charge in [0.1, 0.15) is 30.5 Å². The lowest BCUT2D eigenvalue weighted by Crippen LogP contribution is -2.38. The van der Waals surface area contributed by atoms with Crippen molar-refractivity contribution in [2.75, 3.05) is 19.8 Å². The third kappa shape index (κ3) is 5.45. The van der Waals surface area contributed by atoms with Crippen molar-refractivity contribution in [2.45, 2.75) is 51.1 Å². The van der Waals surface area contributed by atoms with Crippen LogP contribution in [-0.2, 0) is 9.47 Å². The van der Waals surface area contributed by atoms with Crippen LogP contribution in [0.5, 0.6) is 0 Å². The zero-order valence-electron chi connectivity index (χ0n) is 18.9. The Hall–Kier alpha value is -2.69. The number of rotatable bonds is 6. The van der Waals surface area contributed by atoms with Gasteiger partial charge in [0.25, 0.3) is 5.56 Å². The van der Waals surface area contributed by atoms with Crippen molar-refractivity contribution in [1.82, 2.24) is 14.9 Å². The van der Waals surface area contributed by atoms with Gasteiger partial charge in [0.05, 0.1) is 21.2 Å². The molecule has 1 aliphatic heterocycles. The molecule has 1 amide bonds. The summed E-state index contributed by atoms with van der Waals surface area (Å²) in [6, 6.07) is 0. The second-order valence-electron chi connectivity index (χ2n) is 9.09. The molecule has 0 saturated carbocycles. The molecule has 1 aliphatic carbocycles. The summed E-state index contributed by atoms with van der Waals surface area (Å²) in [6.45, 7) is 8.44. The number of carbonyl (C=O) groups is 1.